The van der Waals surface area contributed by atoms with Gasteiger partial charge in [0.25, 0.3) is 0 Å². The third-order valence-corrected chi connectivity index (χ3v) is 2.98. The zero-order valence-electron chi connectivity index (χ0n) is 11.4. The summed E-state index contributed by atoms with van der Waals surface area (Å²) in [5.74, 6) is 1.60. The van der Waals surface area contributed by atoms with E-state index in [1.54, 1.807) is 0 Å². The number of pyridine rings is 1. The van der Waals surface area contributed by atoms with Crippen molar-refractivity contribution in [1.29, 1.82) is 0 Å². The molecule has 20 heavy (non-hydrogen) atoms. The molecule has 2 aromatic rings. The maximum Gasteiger partial charge on any atom is 0.433 e. The van der Waals surface area contributed by atoms with Gasteiger partial charge in [0.2, 0.25) is 0 Å². The van der Waals surface area contributed by atoms with Crippen molar-refractivity contribution >= 4 is 5.69 Å². The zero-order valence-corrected chi connectivity index (χ0v) is 11.4. The monoisotopic (exact) mass is 284 g/mol. The number of rotatable bonds is 3. The third-order valence-electron chi connectivity index (χ3n) is 2.98. The van der Waals surface area contributed by atoms with Crippen LogP contribution in [0.1, 0.15) is 35.7 Å². The first-order valence-corrected chi connectivity index (χ1v) is 6.14. The second kappa shape index (κ2) is 5.19. The summed E-state index contributed by atoms with van der Waals surface area (Å²) in [6.45, 7) is 5.61. The van der Waals surface area contributed by atoms with Crippen LogP contribution in [0.3, 0.4) is 0 Å². The minimum absolute atomic E-state index is 0.0778. The Labute approximate surface area is 114 Å². The molecule has 0 aliphatic heterocycles. The molecule has 1 atom stereocenters. The molecular formula is C14H15F3N2O. The molecule has 0 aromatic carbocycles. The van der Waals surface area contributed by atoms with Crippen molar-refractivity contribution in [3.63, 3.8) is 0 Å². The van der Waals surface area contributed by atoms with Crippen LogP contribution in [0.25, 0.3) is 0 Å². The van der Waals surface area contributed by atoms with Crippen LogP contribution in [0.5, 0.6) is 0 Å². The maximum absolute atomic E-state index is 12.4. The maximum atomic E-state index is 12.4. The fourth-order valence-electron chi connectivity index (χ4n) is 2.06. The van der Waals surface area contributed by atoms with Gasteiger partial charge in [-0.1, -0.05) is 0 Å². The number of halogens is 3. The Morgan fingerprint density at radius 2 is 1.95 bits per heavy atom. The van der Waals surface area contributed by atoms with E-state index in [9.17, 15) is 13.2 Å². The van der Waals surface area contributed by atoms with Crippen molar-refractivity contribution in [2.75, 3.05) is 5.32 Å². The fourth-order valence-corrected chi connectivity index (χ4v) is 2.06. The molecule has 1 N–H and O–H groups in total. The minimum Gasteiger partial charge on any atom is -0.466 e. The Kier molecular flexibility index (Phi) is 3.74. The van der Waals surface area contributed by atoms with E-state index < -0.39 is 11.9 Å². The first kappa shape index (κ1) is 14.4. The van der Waals surface area contributed by atoms with Crippen molar-refractivity contribution in [2.24, 2.45) is 0 Å². The second-order valence-electron chi connectivity index (χ2n) is 4.66. The van der Waals surface area contributed by atoms with E-state index in [0.29, 0.717) is 5.69 Å². The van der Waals surface area contributed by atoms with Gasteiger partial charge in [0.1, 0.15) is 17.2 Å². The van der Waals surface area contributed by atoms with Gasteiger partial charge in [-0.25, -0.2) is 4.98 Å². The van der Waals surface area contributed by atoms with Gasteiger partial charge >= 0.3 is 6.18 Å². The van der Waals surface area contributed by atoms with E-state index in [4.69, 9.17) is 4.42 Å². The Bertz CT molecular complexity index is 587. The van der Waals surface area contributed by atoms with Crippen LogP contribution in [0.2, 0.25) is 0 Å². The lowest BCUT2D eigenvalue weighted by molar-refractivity contribution is -0.141. The predicted octanol–water partition coefficient (Wildman–Crippen LogP) is 4.48. The highest BCUT2D eigenvalue weighted by molar-refractivity contribution is 5.44. The number of aromatic nitrogens is 1. The summed E-state index contributed by atoms with van der Waals surface area (Å²) < 4.78 is 42.7. The highest BCUT2D eigenvalue weighted by atomic mass is 19.4. The Morgan fingerprint density at radius 1 is 1.25 bits per heavy atom. The highest BCUT2D eigenvalue weighted by Crippen LogP contribution is 2.29. The molecule has 3 nitrogen and oxygen atoms in total. The van der Waals surface area contributed by atoms with E-state index in [2.05, 4.69) is 10.3 Å². The molecule has 0 fully saturated rings. The summed E-state index contributed by atoms with van der Waals surface area (Å²) in [6, 6.07) is 4.16. The van der Waals surface area contributed by atoms with Crippen LogP contribution in [0.4, 0.5) is 18.9 Å². The molecule has 0 radical (unpaired) electrons. The standard InChI is InChI=1S/C14H15F3N2O/c1-8-6-12(10(3)20-8)9(2)19-11-4-5-13(18-7-11)14(15,16)17/h4-7,9,19H,1-3H3. The second-order valence-corrected chi connectivity index (χ2v) is 4.66. The number of nitrogens with zero attached hydrogens (tertiary/aromatic N) is 1. The average molecular weight is 284 g/mol. The topological polar surface area (TPSA) is 38.1 Å². The van der Waals surface area contributed by atoms with E-state index in [-0.39, 0.29) is 6.04 Å². The van der Waals surface area contributed by atoms with Crippen LogP contribution in [0.15, 0.2) is 28.8 Å². The Hall–Kier alpha value is -1.98. The molecule has 0 aliphatic rings. The molecule has 0 saturated heterocycles. The van der Waals surface area contributed by atoms with E-state index in [0.717, 1.165) is 23.2 Å². The fraction of sp³-hybridized carbons (Fsp3) is 0.357. The summed E-state index contributed by atoms with van der Waals surface area (Å²) in [5, 5.41) is 3.10. The first-order chi connectivity index (χ1) is 9.27. The summed E-state index contributed by atoms with van der Waals surface area (Å²) in [4.78, 5) is 3.41. The van der Waals surface area contributed by atoms with Crippen molar-refractivity contribution in [1.82, 2.24) is 4.98 Å². The van der Waals surface area contributed by atoms with Gasteiger partial charge < -0.3 is 9.73 Å². The van der Waals surface area contributed by atoms with Gasteiger partial charge in [-0.2, -0.15) is 13.2 Å². The van der Waals surface area contributed by atoms with Gasteiger partial charge in [-0.05, 0) is 39.0 Å². The average Bonchev–Trinajstić information content (AvgIpc) is 2.68. The van der Waals surface area contributed by atoms with Gasteiger partial charge in [-0.3, -0.25) is 0 Å². The number of aryl methyl sites for hydroxylation is 2. The largest absolute Gasteiger partial charge is 0.466 e. The molecule has 0 amide bonds. The van der Waals surface area contributed by atoms with Crippen LogP contribution in [-0.2, 0) is 6.18 Å². The number of alkyl halides is 3. The number of nitrogens with one attached hydrogen (secondary N) is 1. The summed E-state index contributed by atoms with van der Waals surface area (Å²) in [7, 11) is 0. The van der Waals surface area contributed by atoms with Crippen molar-refractivity contribution < 1.29 is 17.6 Å². The molecule has 2 aromatic heterocycles. The molecule has 2 rings (SSSR count). The van der Waals surface area contributed by atoms with E-state index >= 15 is 0 Å². The molecular weight excluding hydrogens is 269 g/mol. The number of furan rings is 1. The molecule has 0 bridgehead atoms. The number of hydrogen-bond acceptors (Lipinski definition) is 3. The summed E-state index contributed by atoms with van der Waals surface area (Å²) in [5.41, 5.74) is 0.609. The molecule has 6 heteroatoms. The SMILES string of the molecule is Cc1cc(C(C)Nc2ccc(C(F)(F)F)nc2)c(C)o1. The van der Waals surface area contributed by atoms with Crippen molar-refractivity contribution in [3.05, 3.63) is 47.2 Å². The lowest BCUT2D eigenvalue weighted by Crippen LogP contribution is -2.10. The van der Waals surface area contributed by atoms with E-state index in [1.165, 1.54) is 12.3 Å². The molecule has 0 spiro atoms. The van der Waals surface area contributed by atoms with Crippen LogP contribution in [-0.4, -0.2) is 4.98 Å². The quantitative estimate of drug-likeness (QED) is 0.902. The predicted molar refractivity (Wildman–Crippen MR) is 69.5 cm³/mol. The highest BCUT2D eigenvalue weighted by Gasteiger charge is 2.32. The van der Waals surface area contributed by atoms with Gasteiger partial charge in [0.15, 0.2) is 0 Å². The lowest BCUT2D eigenvalue weighted by atomic mass is 10.1. The normalized spacial score (nSPS) is 13.3. The smallest absolute Gasteiger partial charge is 0.433 e. The van der Waals surface area contributed by atoms with Crippen molar-refractivity contribution in [3.8, 4) is 0 Å². The molecule has 2 heterocycles. The van der Waals surface area contributed by atoms with E-state index in [1.807, 2.05) is 26.8 Å². The zero-order chi connectivity index (χ0) is 14.9. The van der Waals surface area contributed by atoms with Crippen LogP contribution >= 0.6 is 0 Å². The van der Waals surface area contributed by atoms with Crippen LogP contribution in [0, 0.1) is 13.8 Å². The lowest BCUT2D eigenvalue weighted by Gasteiger charge is -2.15. The molecule has 1 unspecified atom stereocenters. The molecule has 108 valence electrons. The van der Waals surface area contributed by atoms with Gasteiger partial charge in [0, 0.05) is 5.56 Å². The summed E-state index contributed by atoms with van der Waals surface area (Å²) >= 11 is 0. The number of hydrogen-bond donors (Lipinski definition) is 1. The number of anilines is 1. The molecule has 0 saturated carbocycles. The van der Waals surface area contributed by atoms with Crippen molar-refractivity contribution in [2.45, 2.75) is 33.0 Å². The van der Waals surface area contributed by atoms with Gasteiger partial charge in [0.05, 0.1) is 17.9 Å². The first-order valence-electron chi connectivity index (χ1n) is 6.14. The van der Waals surface area contributed by atoms with Gasteiger partial charge in [-0.15, -0.1) is 0 Å². The minimum atomic E-state index is -4.41. The summed E-state index contributed by atoms with van der Waals surface area (Å²) in [6.07, 6.45) is -3.23. The molecule has 0 aliphatic carbocycles. The third kappa shape index (κ3) is 3.12. The Morgan fingerprint density at radius 3 is 2.40 bits per heavy atom. The van der Waals surface area contributed by atoms with Crippen LogP contribution < -0.4 is 5.32 Å². The Balaban J connectivity index is 2.12.